The van der Waals surface area contributed by atoms with Crippen molar-refractivity contribution in [2.24, 2.45) is 4.99 Å². The third kappa shape index (κ3) is 4.28. The Morgan fingerprint density at radius 2 is 1.77 bits per heavy atom. The summed E-state index contributed by atoms with van der Waals surface area (Å²) in [4.78, 5) is 28.8. The molecule has 30 heavy (non-hydrogen) atoms. The zero-order valence-electron chi connectivity index (χ0n) is 16.5. The number of sulfonamides is 1. The highest BCUT2D eigenvalue weighted by Gasteiger charge is 2.31. The highest BCUT2D eigenvalue weighted by Crippen LogP contribution is 2.27. The molecular weight excluding hydrogens is 412 g/mol. The van der Waals surface area contributed by atoms with Crippen LogP contribution in [0.25, 0.3) is 0 Å². The molecule has 2 aromatic rings. The van der Waals surface area contributed by atoms with Gasteiger partial charge in [0.2, 0.25) is 0 Å². The van der Waals surface area contributed by atoms with Crippen molar-refractivity contribution in [1.29, 1.82) is 0 Å². The summed E-state index contributed by atoms with van der Waals surface area (Å²) >= 11 is 0. The average Bonchev–Trinajstić information content (AvgIpc) is 3.01. The number of fused-ring (bicyclic) bond motifs is 1. The standard InChI is InChI=1S/C20H20N2O7S/c1-12(21-19-14-6-4-5-7-18(14)30(25,26)22-19)20(24)29-11-15(23)13-8-9-16(27-2)17(10-13)28-3/h4-10,12H,11H2,1-3H3,(H,21,22)/t12-/m0/s1. The van der Waals surface area contributed by atoms with Crippen molar-refractivity contribution in [1.82, 2.24) is 4.72 Å². The molecule has 1 aliphatic heterocycles. The predicted octanol–water partition coefficient (Wildman–Crippen LogP) is 1.56. The Morgan fingerprint density at radius 3 is 2.47 bits per heavy atom. The van der Waals surface area contributed by atoms with Crippen molar-refractivity contribution in [3.05, 3.63) is 53.6 Å². The minimum absolute atomic E-state index is 0.0567. The van der Waals surface area contributed by atoms with E-state index in [2.05, 4.69) is 9.71 Å². The van der Waals surface area contributed by atoms with Gasteiger partial charge in [0.1, 0.15) is 11.9 Å². The molecule has 1 heterocycles. The monoisotopic (exact) mass is 432 g/mol. The van der Waals surface area contributed by atoms with Crippen LogP contribution in [0.5, 0.6) is 11.5 Å². The summed E-state index contributed by atoms with van der Waals surface area (Å²) < 4.78 is 41.9. The van der Waals surface area contributed by atoms with Gasteiger partial charge >= 0.3 is 5.97 Å². The number of aliphatic imine (C=N–C) groups is 1. The molecule has 10 heteroatoms. The van der Waals surface area contributed by atoms with E-state index in [0.29, 0.717) is 17.1 Å². The molecule has 1 N–H and O–H groups in total. The third-order valence-electron chi connectivity index (χ3n) is 4.38. The first-order valence-corrected chi connectivity index (χ1v) is 10.4. The van der Waals surface area contributed by atoms with Crippen molar-refractivity contribution in [3.8, 4) is 11.5 Å². The molecular formula is C20H20N2O7S. The van der Waals surface area contributed by atoms with Gasteiger partial charge in [0.15, 0.2) is 23.9 Å². The molecule has 0 aliphatic carbocycles. The van der Waals surface area contributed by atoms with Crippen molar-refractivity contribution in [2.75, 3.05) is 20.8 Å². The van der Waals surface area contributed by atoms with Gasteiger partial charge in [-0.15, -0.1) is 0 Å². The summed E-state index contributed by atoms with van der Waals surface area (Å²) in [6.07, 6.45) is 0. The maximum atomic E-state index is 12.3. The first kappa shape index (κ1) is 21.3. The summed E-state index contributed by atoms with van der Waals surface area (Å²) in [5.41, 5.74) is 0.662. The number of carbonyl (C=O) groups excluding carboxylic acids is 2. The lowest BCUT2D eigenvalue weighted by atomic mass is 10.1. The minimum atomic E-state index is -3.71. The van der Waals surface area contributed by atoms with Gasteiger partial charge in [0.05, 0.1) is 19.1 Å². The number of Topliss-reactive ketones (excluding diaryl/α,β-unsaturated/α-hetero) is 1. The number of ether oxygens (including phenoxy) is 3. The van der Waals surface area contributed by atoms with Crippen LogP contribution >= 0.6 is 0 Å². The lowest BCUT2D eigenvalue weighted by molar-refractivity contribution is -0.143. The summed E-state index contributed by atoms with van der Waals surface area (Å²) in [6.45, 7) is 0.956. The second kappa shape index (κ2) is 8.54. The van der Waals surface area contributed by atoms with Crippen LogP contribution in [0, 0.1) is 0 Å². The molecule has 1 atom stereocenters. The zero-order valence-corrected chi connectivity index (χ0v) is 17.4. The highest BCUT2D eigenvalue weighted by molar-refractivity contribution is 7.90. The van der Waals surface area contributed by atoms with Gasteiger partial charge < -0.3 is 14.2 Å². The topological polar surface area (TPSA) is 120 Å². The molecule has 0 fully saturated rings. The van der Waals surface area contributed by atoms with Crippen molar-refractivity contribution in [2.45, 2.75) is 17.9 Å². The maximum Gasteiger partial charge on any atom is 0.331 e. The summed E-state index contributed by atoms with van der Waals surface area (Å²) in [5, 5.41) is 0. The first-order chi connectivity index (χ1) is 14.3. The van der Waals surface area contributed by atoms with E-state index in [1.165, 1.54) is 39.3 Å². The predicted molar refractivity (Wildman–Crippen MR) is 108 cm³/mol. The Labute approximate surface area is 173 Å². The van der Waals surface area contributed by atoms with Crippen LogP contribution in [0.15, 0.2) is 52.4 Å². The van der Waals surface area contributed by atoms with Crippen LogP contribution in [0.2, 0.25) is 0 Å². The zero-order chi connectivity index (χ0) is 21.9. The Balaban J connectivity index is 1.67. The summed E-state index contributed by atoms with van der Waals surface area (Å²) in [7, 11) is -0.784. The molecule has 0 radical (unpaired) electrons. The van der Waals surface area contributed by atoms with Gasteiger partial charge in [0.25, 0.3) is 10.0 Å². The van der Waals surface area contributed by atoms with Crippen LogP contribution < -0.4 is 14.2 Å². The fourth-order valence-corrected chi connectivity index (χ4v) is 4.07. The number of carbonyl (C=O) groups is 2. The maximum absolute atomic E-state index is 12.3. The molecule has 0 unspecified atom stereocenters. The van der Waals surface area contributed by atoms with E-state index < -0.39 is 34.4 Å². The smallest absolute Gasteiger partial charge is 0.331 e. The van der Waals surface area contributed by atoms with E-state index in [1.807, 2.05) is 0 Å². The molecule has 2 aromatic carbocycles. The van der Waals surface area contributed by atoms with Crippen molar-refractivity contribution >= 4 is 27.6 Å². The van der Waals surface area contributed by atoms with Gasteiger partial charge in [-0.1, -0.05) is 12.1 Å². The number of amidine groups is 1. The first-order valence-electron chi connectivity index (χ1n) is 8.88. The van der Waals surface area contributed by atoms with Crippen LogP contribution in [-0.2, 0) is 19.6 Å². The minimum Gasteiger partial charge on any atom is -0.493 e. The van der Waals surface area contributed by atoms with Crippen molar-refractivity contribution < 1.29 is 32.2 Å². The number of benzene rings is 2. The van der Waals surface area contributed by atoms with Gasteiger partial charge in [-0.3, -0.25) is 14.5 Å². The van der Waals surface area contributed by atoms with Gasteiger partial charge in [-0.05, 0) is 37.3 Å². The van der Waals surface area contributed by atoms with Crippen LogP contribution in [0.3, 0.4) is 0 Å². The largest absolute Gasteiger partial charge is 0.493 e. The molecule has 0 spiro atoms. The van der Waals surface area contributed by atoms with Crippen LogP contribution in [0.4, 0.5) is 0 Å². The number of hydrogen-bond donors (Lipinski definition) is 1. The Morgan fingerprint density at radius 1 is 1.07 bits per heavy atom. The van der Waals surface area contributed by atoms with E-state index in [-0.39, 0.29) is 16.3 Å². The number of methoxy groups -OCH3 is 2. The van der Waals surface area contributed by atoms with Gasteiger partial charge in [-0.2, -0.15) is 0 Å². The molecule has 3 rings (SSSR count). The van der Waals surface area contributed by atoms with Gasteiger partial charge in [0, 0.05) is 11.1 Å². The molecule has 1 aliphatic rings. The fraction of sp³-hybridized carbons (Fsp3) is 0.250. The number of rotatable bonds is 7. The number of ketones is 1. The Hall–Kier alpha value is -3.40. The SMILES string of the molecule is COc1ccc(C(=O)COC(=O)[C@H](C)N=C2NS(=O)(=O)c3ccccc32)cc1OC. The summed E-state index contributed by atoms with van der Waals surface area (Å²) in [6, 6.07) is 9.88. The quantitative estimate of drug-likeness (QED) is 0.521. The molecule has 9 nitrogen and oxygen atoms in total. The molecule has 0 aromatic heterocycles. The number of nitrogens with one attached hydrogen (secondary N) is 1. The number of nitrogens with zero attached hydrogens (tertiary/aromatic N) is 1. The second-order valence-corrected chi connectivity index (χ2v) is 8.01. The van der Waals surface area contributed by atoms with E-state index in [0.717, 1.165) is 0 Å². The van der Waals surface area contributed by atoms with E-state index in [4.69, 9.17) is 14.2 Å². The van der Waals surface area contributed by atoms with Crippen LogP contribution in [-0.4, -0.2) is 52.9 Å². The van der Waals surface area contributed by atoms with E-state index in [9.17, 15) is 18.0 Å². The van der Waals surface area contributed by atoms with Crippen molar-refractivity contribution in [3.63, 3.8) is 0 Å². The van der Waals surface area contributed by atoms with Crippen LogP contribution in [0.1, 0.15) is 22.8 Å². The molecule has 0 bridgehead atoms. The molecule has 0 amide bonds. The Kier molecular flexibility index (Phi) is 6.06. The lowest BCUT2D eigenvalue weighted by Gasteiger charge is -2.10. The van der Waals surface area contributed by atoms with E-state index in [1.54, 1.807) is 24.3 Å². The normalized spacial score (nSPS) is 16.3. The van der Waals surface area contributed by atoms with E-state index >= 15 is 0 Å². The molecule has 0 saturated heterocycles. The molecule has 158 valence electrons. The second-order valence-electron chi connectivity index (χ2n) is 6.36. The Bertz CT molecular complexity index is 1130. The number of esters is 1. The third-order valence-corrected chi connectivity index (χ3v) is 5.77. The highest BCUT2D eigenvalue weighted by atomic mass is 32.2. The summed E-state index contributed by atoms with van der Waals surface area (Å²) in [5.74, 6) is -0.298. The average molecular weight is 432 g/mol. The van der Waals surface area contributed by atoms with Gasteiger partial charge in [-0.25, -0.2) is 13.2 Å². The molecule has 0 saturated carbocycles. The lowest BCUT2D eigenvalue weighted by Crippen LogP contribution is -2.27. The number of hydrogen-bond acceptors (Lipinski definition) is 8. The fourth-order valence-electron chi connectivity index (χ4n) is 2.83.